The highest BCUT2D eigenvalue weighted by atomic mass is 16.5. The zero-order valence-corrected chi connectivity index (χ0v) is 6.48. The average Bonchev–Trinajstić information content (AvgIpc) is 2.33. The Morgan fingerprint density at radius 2 is 1.91 bits per heavy atom. The maximum absolute atomic E-state index is 10.5. The summed E-state index contributed by atoms with van der Waals surface area (Å²) >= 11 is 0. The van der Waals surface area contributed by atoms with Gasteiger partial charge in [0, 0.05) is 5.92 Å². The van der Waals surface area contributed by atoms with Crippen LogP contribution in [0.4, 0.5) is 0 Å². The summed E-state index contributed by atoms with van der Waals surface area (Å²) in [5.74, 6) is -2.07. The second kappa shape index (κ2) is 2.19. The standard InChI is InChI=1S/C7H12O4/c1-7(2)3(5(8)9)4(7)6(10)11/h3-5,8-9H,1-2H3,(H,10,11). The third-order valence-electron chi connectivity index (χ3n) is 2.50. The number of rotatable bonds is 2. The van der Waals surface area contributed by atoms with E-state index in [2.05, 4.69) is 0 Å². The maximum Gasteiger partial charge on any atom is 0.307 e. The molecule has 0 aromatic carbocycles. The number of carboxylic acid groups (broad SMARTS) is 1. The van der Waals surface area contributed by atoms with Gasteiger partial charge in [-0.3, -0.25) is 4.79 Å². The molecule has 4 nitrogen and oxygen atoms in total. The van der Waals surface area contributed by atoms with Crippen LogP contribution in [0.1, 0.15) is 13.8 Å². The van der Waals surface area contributed by atoms with Crippen LogP contribution in [0.5, 0.6) is 0 Å². The van der Waals surface area contributed by atoms with Gasteiger partial charge in [0.1, 0.15) is 0 Å². The molecule has 0 radical (unpaired) electrons. The van der Waals surface area contributed by atoms with E-state index in [9.17, 15) is 4.79 Å². The van der Waals surface area contributed by atoms with E-state index in [0.29, 0.717) is 0 Å². The van der Waals surface area contributed by atoms with Gasteiger partial charge in [0.05, 0.1) is 5.92 Å². The molecule has 11 heavy (non-hydrogen) atoms. The van der Waals surface area contributed by atoms with E-state index in [0.717, 1.165) is 0 Å². The van der Waals surface area contributed by atoms with E-state index in [1.54, 1.807) is 13.8 Å². The van der Waals surface area contributed by atoms with Gasteiger partial charge in [-0.2, -0.15) is 0 Å². The molecule has 0 aromatic heterocycles. The van der Waals surface area contributed by atoms with E-state index in [1.165, 1.54) is 0 Å². The second-order valence-corrected chi connectivity index (χ2v) is 3.58. The first-order valence-corrected chi connectivity index (χ1v) is 3.48. The molecule has 1 aliphatic rings. The highest BCUT2D eigenvalue weighted by Crippen LogP contribution is 2.59. The van der Waals surface area contributed by atoms with Crippen LogP contribution < -0.4 is 0 Å². The van der Waals surface area contributed by atoms with Crippen LogP contribution >= 0.6 is 0 Å². The lowest BCUT2D eigenvalue weighted by molar-refractivity contribution is -0.141. The first kappa shape index (κ1) is 8.49. The lowest BCUT2D eigenvalue weighted by atomic mass is 10.1. The molecule has 1 saturated carbocycles. The summed E-state index contributed by atoms with van der Waals surface area (Å²) in [6.07, 6.45) is -1.51. The Kier molecular flexibility index (Phi) is 1.69. The van der Waals surface area contributed by atoms with Crippen LogP contribution in [0.15, 0.2) is 0 Å². The smallest absolute Gasteiger partial charge is 0.307 e. The third kappa shape index (κ3) is 1.12. The number of aliphatic hydroxyl groups is 2. The zero-order chi connectivity index (χ0) is 8.81. The van der Waals surface area contributed by atoms with Gasteiger partial charge in [-0.1, -0.05) is 13.8 Å². The molecular formula is C7H12O4. The Balaban J connectivity index is 2.68. The van der Waals surface area contributed by atoms with E-state index in [1.807, 2.05) is 0 Å². The molecule has 1 rings (SSSR count). The minimum Gasteiger partial charge on any atom is -0.481 e. The van der Waals surface area contributed by atoms with E-state index in [-0.39, 0.29) is 0 Å². The summed E-state index contributed by atoms with van der Waals surface area (Å²) in [5.41, 5.74) is -0.472. The Morgan fingerprint density at radius 1 is 1.45 bits per heavy atom. The molecule has 4 heteroatoms. The van der Waals surface area contributed by atoms with Gasteiger partial charge in [0.15, 0.2) is 6.29 Å². The van der Waals surface area contributed by atoms with Gasteiger partial charge in [0.25, 0.3) is 0 Å². The number of hydrogen-bond acceptors (Lipinski definition) is 3. The average molecular weight is 160 g/mol. The Labute approximate surface area is 64.5 Å². The van der Waals surface area contributed by atoms with E-state index < -0.39 is 29.5 Å². The monoisotopic (exact) mass is 160 g/mol. The van der Waals surface area contributed by atoms with Crippen molar-refractivity contribution in [2.45, 2.75) is 20.1 Å². The molecule has 0 aromatic rings. The van der Waals surface area contributed by atoms with Crippen LogP contribution in [0.25, 0.3) is 0 Å². The summed E-state index contributed by atoms with van der Waals surface area (Å²) in [4.78, 5) is 10.5. The molecule has 2 atom stereocenters. The molecule has 0 bridgehead atoms. The summed E-state index contributed by atoms with van der Waals surface area (Å²) in [6.45, 7) is 3.44. The van der Waals surface area contributed by atoms with E-state index in [4.69, 9.17) is 15.3 Å². The van der Waals surface area contributed by atoms with Gasteiger partial charge >= 0.3 is 5.97 Å². The summed E-state index contributed by atoms with van der Waals surface area (Å²) in [6, 6.07) is 0. The molecule has 0 heterocycles. The van der Waals surface area contributed by atoms with Gasteiger partial charge in [-0.15, -0.1) is 0 Å². The number of carboxylic acids is 1. The largest absolute Gasteiger partial charge is 0.481 e. The predicted octanol–water partition coefficient (Wildman–Crippen LogP) is -0.346. The molecule has 1 aliphatic carbocycles. The summed E-state index contributed by atoms with van der Waals surface area (Å²) in [5, 5.41) is 26.1. The van der Waals surface area contributed by atoms with Gasteiger partial charge in [0.2, 0.25) is 0 Å². The summed E-state index contributed by atoms with van der Waals surface area (Å²) in [7, 11) is 0. The predicted molar refractivity (Wildman–Crippen MR) is 36.6 cm³/mol. The van der Waals surface area contributed by atoms with Gasteiger partial charge in [-0.25, -0.2) is 0 Å². The van der Waals surface area contributed by atoms with Crippen LogP contribution in [-0.2, 0) is 4.79 Å². The fourth-order valence-corrected chi connectivity index (χ4v) is 1.71. The van der Waals surface area contributed by atoms with Crippen molar-refractivity contribution >= 4 is 5.97 Å². The van der Waals surface area contributed by atoms with Crippen LogP contribution in [0, 0.1) is 17.3 Å². The van der Waals surface area contributed by atoms with Gasteiger partial charge in [-0.05, 0) is 5.41 Å². The minimum atomic E-state index is -1.51. The van der Waals surface area contributed by atoms with Crippen molar-refractivity contribution in [2.24, 2.45) is 17.3 Å². The normalized spacial score (nSPS) is 33.9. The Hall–Kier alpha value is -0.610. The lowest BCUT2D eigenvalue weighted by Gasteiger charge is -2.02. The Bertz CT molecular complexity index is 185. The van der Waals surface area contributed by atoms with Gasteiger partial charge < -0.3 is 15.3 Å². The van der Waals surface area contributed by atoms with Crippen LogP contribution in [-0.4, -0.2) is 27.6 Å². The van der Waals surface area contributed by atoms with Crippen molar-refractivity contribution in [3.63, 3.8) is 0 Å². The first-order chi connectivity index (χ1) is 4.89. The number of aliphatic hydroxyl groups excluding tert-OH is 1. The number of hydrogen-bond donors (Lipinski definition) is 3. The quantitative estimate of drug-likeness (QED) is 0.483. The SMILES string of the molecule is CC1(C)C(C(=O)O)C1C(O)O. The Morgan fingerprint density at radius 3 is 2.00 bits per heavy atom. The third-order valence-corrected chi connectivity index (χ3v) is 2.50. The highest BCUT2D eigenvalue weighted by molar-refractivity contribution is 5.75. The molecular weight excluding hydrogens is 148 g/mol. The lowest BCUT2D eigenvalue weighted by Crippen LogP contribution is -2.12. The van der Waals surface area contributed by atoms with E-state index >= 15 is 0 Å². The molecule has 0 amide bonds. The first-order valence-electron chi connectivity index (χ1n) is 3.48. The number of carbonyl (C=O) groups is 1. The van der Waals surface area contributed by atoms with Crippen LogP contribution in [0.3, 0.4) is 0 Å². The van der Waals surface area contributed by atoms with Crippen molar-refractivity contribution in [3.05, 3.63) is 0 Å². The molecule has 64 valence electrons. The van der Waals surface area contributed by atoms with Crippen molar-refractivity contribution in [3.8, 4) is 0 Å². The minimum absolute atomic E-state index is 0.472. The van der Waals surface area contributed by atoms with Crippen molar-refractivity contribution in [1.29, 1.82) is 0 Å². The molecule has 2 unspecified atom stereocenters. The maximum atomic E-state index is 10.5. The molecule has 0 aliphatic heterocycles. The zero-order valence-electron chi connectivity index (χ0n) is 6.48. The second-order valence-electron chi connectivity index (χ2n) is 3.58. The molecule has 3 N–H and O–H groups in total. The fraction of sp³-hybridized carbons (Fsp3) is 0.857. The van der Waals surface area contributed by atoms with Crippen LogP contribution in [0.2, 0.25) is 0 Å². The molecule has 0 spiro atoms. The highest BCUT2D eigenvalue weighted by Gasteiger charge is 2.65. The number of aliphatic carboxylic acids is 1. The molecule has 0 saturated heterocycles. The van der Waals surface area contributed by atoms with Crippen molar-refractivity contribution in [1.82, 2.24) is 0 Å². The van der Waals surface area contributed by atoms with Crippen molar-refractivity contribution < 1.29 is 20.1 Å². The fourth-order valence-electron chi connectivity index (χ4n) is 1.71. The molecule has 1 fully saturated rings. The summed E-state index contributed by atoms with van der Waals surface area (Å²) < 4.78 is 0. The van der Waals surface area contributed by atoms with Crippen molar-refractivity contribution in [2.75, 3.05) is 0 Å². The topological polar surface area (TPSA) is 77.8 Å².